The number of hydrogen-bond acceptors (Lipinski definition) is 6. The fraction of sp³-hybridized carbons (Fsp3) is 0.100. The molecule has 0 fully saturated rings. The lowest BCUT2D eigenvalue weighted by molar-refractivity contribution is 0.0600. The van der Waals surface area contributed by atoms with E-state index in [9.17, 15) is 9.59 Å². The molecule has 0 saturated heterocycles. The second kappa shape index (κ2) is 8.96. The van der Waals surface area contributed by atoms with Crippen LogP contribution in [-0.4, -0.2) is 29.0 Å². The molecule has 2 aromatic heterocycles. The molecule has 142 valence electrons. The number of amides is 1. The molecule has 0 radical (unpaired) electrons. The van der Waals surface area contributed by atoms with Crippen LogP contribution in [-0.2, 0) is 11.3 Å². The van der Waals surface area contributed by atoms with Crippen molar-refractivity contribution in [3.63, 3.8) is 0 Å². The van der Waals surface area contributed by atoms with E-state index in [0.717, 1.165) is 5.56 Å². The van der Waals surface area contributed by atoms with Gasteiger partial charge in [-0.2, -0.15) is 0 Å². The van der Waals surface area contributed by atoms with Crippen molar-refractivity contribution >= 4 is 35.0 Å². The van der Waals surface area contributed by atoms with Crippen LogP contribution >= 0.6 is 11.6 Å². The maximum absolute atomic E-state index is 12.6. The van der Waals surface area contributed by atoms with E-state index in [0.29, 0.717) is 28.6 Å². The third-order valence-electron chi connectivity index (χ3n) is 3.88. The highest BCUT2D eigenvalue weighted by Gasteiger charge is 2.13. The number of carbonyl (C=O) groups excluding carboxylic acids is 2. The third kappa shape index (κ3) is 4.83. The summed E-state index contributed by atoms with van der Waals surface area (Å²) in [5, 5.41) is 6.17. The summed E-state index contributed by atoms with van der Waals surface area (Å²) < 4.78 is 4.68. The van der Waals surface area contributed by atoms with Crippen molar-refractivity contribution in [2.75, 3.05) is 17.7 Å². The molecule has 1 aromatic carbocycles. The average molecular weight is 397 g/mol. The molecule has 8 heteroatoms. The summed E-state index contributed by atoms with van der Waals surface area (Å²) in [6.07, 6.45) is 4.96. The van der Waals surface area contributed by atoms with Gasteiger partial charge in [0, 0.05) is 30.7 Å². The molecule has 0 spiro atoms. The van der Waals surface area contributed by atoms with Crippen LogP contribution in [0.15, 0.2) is 61.1 Å². The van der Waals surface area contributed by atoms with Gasteiger partial charge in [-0.25, -0.2) is 9.78 Å². The highest BCUT2D eigenvalue weighted by atomic mass is 35.5. The van der Waals surface area contributed by atoms with Gasteiger partial charge in [-0.1, -0.05) is 11.6 Å². The minimum atomic E-state index is -0.515. The van der Waals surface area contributed by atoms with Crippen molar-refractivity contribution in [1.82, 2.24) is 9.97 Å². The minimum absolute atomic E-state index is 0.289. The van der Waals surface area contributed by atoms with Gasteiger partial charge in [0.05, 0.1) is 23.4 Å². The van der Waals surface area contributed by atoms with Crippen molar-refractivity contribution in [3.05, 3.63) is 82.8 Å². The van der Waals surface area contributed by atoms with E-state index in [1.165, 1.54) is 31.5 Å². The molecular formula is C20H17ClN4O3. The molecule has 0 aliphatic rings. The molecule has 1 amide bonds. The Balaban J connectivity index is 1.72. The minimum Gasteiger partial charge on any atom is -0.465 e. The normalized spacial score (nSPS) is 10.2. The maximum atomic E-state index is 12.6. The van der Waals surface area contributed by atoms with Gasteiger partial charge in [0.1, 0.15) is 5.82 Å². The van der Waals surface area contributed by atoms with Crippen LogP contribution in [0.2, 0.25) is 5.02 Å². The lowest BCUT2D eigenvalue weighted by atomic mass is 10.2. The quantitative estimate of drug-likeness (QED) is 0.616. The Morgan fingerprint density at radius 2 is 1.82 bits per heavy atom. The van der Waals surface area contributed by atoms with E-state index in [-0.39, 0.29) is 11.5 Å². The highest BCUT2D eigenvalue weighted by molar-refractivity contribution is 6.34. The largest absolute Gasteiger partial charge is 0.465 e. The molecule has 0 atom stereocenters. The van der Waals surface area contributed by atoms with Crippen LogP contribution in [0.25, 0.3) is 0 Å². The summed E-state index contributed by atoms with van der Waals surface area (Å²) in [7, 11) is 1.28. The second-order valence-electron chi connectivity index (χ2n) is 5.78. The zero-order valence-corrected chi connectivity index (χ0v) is 15.7. The van der Waals surface area contributed by atoms with E-state index >= 15 is 0 Å². The summed E-state index contributed by atoms with van der Waals surface area (Å²) in [5.41, 5.74) is 2.04. The van der Waals surface area contributed by atoms with E-state index in [1.807, 2.05) is 12.1 Å². The fourth-order valence-corrected chi connectivity index (χ4v) is 2.59. The van der Waals surface area contributed by atoms with Crippen molar-refractivity contribution in [3.8, 4) is 0 Å². The molecule has 0 bridgehead atoms. The first-order chi connectivity index (χ1) is 13.6. The van der Waals surface area contributed by atoms with Crippen molar-refractivity contribution in [2.24, 2.45) is 0 Å². The molecule has 0 aliphatic heterocycles. The maximum Gasteiger partial charge on any atom is 0.337 e. The Morgan fingerprint density at radius 3 is 2.57 bits per heavy atom. The number of benzene rings is 1. The molecule has 2 heterocycles. The first-order valence-electron chi connectivity index (χ1n) is 8.35. The first kappa shape index (κ1) is 19.3. The Hall–Kier alpha value is -3.45. The first-order valence-corrected chi connectivity index (χ1v) is 8.72. The number of methoxy groups -OCH3 is 1. The number of aromatic nitrogens is 2. The number of nitrogens with zero attached hydrogens (tertiary/aromatic N) is 2. The SMILES string of the molecule is COC(=O)c1ccc(Cl)c(NC(=O)c2ccnc(NCc3ccncc3)c2)c1. The van der Waals surface area contributed by atoms with Crippen LogP contribution in [0.5, 0.6) is 0 Å². The molecule has 7 nitrogen and oxygen atoms in total. The lowest BCUT2D eigenvalue weighted by Crippen LogP contribution is -2.14. The van der Waals surface area contributed by atoms with Gasteiger partial charge in [0.2, 0.25) is 0 Å². The van der Waals surface area contributed by atoms with Crippen LogP contribution in [0.1, 0.15) is 26.3 Å². The van der Waals surface area contributed by atoms with Gasteiger partial charge in [-0.15, -0.1) is 0 Å². The van der Waals surface area contributed by atoms with E-state index in [1.54, 1.807) is 24.5 Å². The van der Waals surface area contributed by atoms with E-state index in [2.05, 4.69) is 25.3 Å². The molecule has 0 unspecified atom stereocenters. The number of halogens is 1. The summed E-state index contributed by atoms with van der Waals surface area (Å²) in [5.74, 6) is -0.337. The number of rotatable bonds is 6. The Kier molecular flexibility index (Phi) is 6.18. The predicted molar refractivity (Wildman–Crippen MR) is 107 cm³/mol. The zero-order chi connectivity index (χ0) is 19.9. The number of esters is 1. The average Bonchev–Trinajstić information content (AvgIpc) is 2.74. The van der Waals surface area contributed by atoms with Gasteiger partial charge in [-0.05, 0) is 48.0 Å². The summed E-state index contributed by atoms with van der Waals surface area (Å²) in [4.78, 5) is 32.4. The second-order valence-corrected chi connectivity index (χ2v) is 6.19. The summed E-state index contributed by atoms with van der Waals surface area (Å²) in [6, 6.07) is 11.5. The molecular weight excluding hydrogens is 380 g/mol. The molecule has 3 rings (SSSR count). The van der Waals surface area contributed by atoms with Crippen molar-refractivity contribution in [1.29, 1.82) is 0 Å². The standard InChI is InChI=1S/C20H17ClN4O3/c1-28-20(27)15-2-3-16(21)17(10-15)25-19(26)14-6-9-23-18(11-14)24-12-13-4-7-22-8-5-13/h2-11H,12H2,1H3,(H,23,24)(H,25,26). The van der Waals surface area contributed by atoms with Crippen LogP contribution in [0, 0.1) is 0 Å². The molecule has 3 aromatic rings. The van der Waals surface area contributed by atoms with Gasteiger partial charge < -0.3 is 15.4 Å². The topological polar surface area (TPSA) is 93.2 Å². The number of carbonyl (C=O) groups is 2. The number of ether oxygens (including phenoxy) is 1. The Bertz CT molecular complexity index is 996. The van der Waals surface area contributed by atoms with Crippen LogP contribution in [0.3, 0.4) is 0 Å². The molecule has 28 heavy (non-hydrogen) atoms. The summed E-state index contributed by atoms with van der Waals surface area (Å²) in [6.45, 7) is 0.549. The van der Waals surface area contributed by atoms with Crippen molar-refractivity contribution < 1.29 is 14.3 Å². The Labute approximate surface area is 166 Å². The number of pyridine rings is 2. The highest BCUT2D eigenvalue weighted by Crippen LogP contribution is 2.24. The van der Waals surface area contributed by atoms with Gasteiger partial charge >= 0.3 is 5.97 Å². The molecule has 0 aliphatic carbocycles. The van der Waals surface area contributed by atoms with Gasteiger partial charge in [-0.3, -0.25) is 9.78 Å². The van der Waals surface area contributed by atoms with E-state index < -0.39 is 5.97 Å². The monoisotopic (exact) mass is 396 g/mol. The number of anilines is 2. The fourth-order valence-electron chi connectivity index (χ4n) is 2.42. The Morgan fingerprint density at radius 1 is 1.04 bits per heavy atom. The smallest absolute Gasteiger partial charge is 0.337 e. The summed E-state index contributed by atoms with van der Waals surface area (Å²) >= 11 is 6.13. The third-order valence-corrected chi connectivity index (χ3v) is 4.21. The molecule has 2 N–H and O–H groups in total. The van der Waals surface area contributed by atoms with Crippen LogP contribution < -0.4 is 10.6 Å². The number of hydrogen-bond donors (Lipinski definition) is 2. The van der Waals surface area contributed by atoms with E-state index in [4.69, 9.17) is 11.6 Å². The zero-order valence-electron chi connectivity index (χ0n) is 15.0. The van der Waals surface area contributed by atoms with Gasteiger partial charge in [0.25, 0.3) is 5.91 Å². The van der Waals surface area contributed by atoms with Gasteiger partial charge in [0.15, 0.2) is 0 Å². The van der Waals surface area contributed by atoms with Crippen molar-refractivity contribution in [2.45, 2.75) is 6.54 Å². The number of nitrogens with one attached hydrogen (secondary N) is 2. The molecule has 0 saturated carbocycles. The van der Waals surface area contributed by atoms with Crippen LogP contribution in [0.4, 0.5) is 11.5 Å². The lowest BCUT2D eigenvalue weighted by Gasteiger charge is -2.10. The predicted octanol–water partition coefficient (Wildman–Crippen LogP) is 3.78.